The van der Waals surface area contributed by atoms with Crippen LogP contribution in [0, 0.1) is 0 Å². The van der Waals surface area contributed by atoms with Crippen LogP contribution in [0.25, 0.3) is 0 Å². The molecule has 3 nitrogen and oxygen atoms in total. The molecule has 3 atom stereocenters. The Bertz CT molecular complexity index is 139. The summed E-state index contributed by atoms with van der Waals surface area (Å²) >= 11 is 0. The van der Waals surface area contributed by atoms with Crippen LogP contribution in [0.5, 0.6) is 0 Å². The molecule has 0 radical (unpaired) electrons. The summed E-state index contributed by atoms with van der Waals surface area (Å²) in [5.74, 6) is 0. The molecule has 0 aromatic heterocycles. The molecule has 56 valence electrons. The van der Waals surface area contributed by atoms with Gasteiger partial charge in [-0.25, -0.2) is 0 Å². The Morgan fingerprint density at radius 1 is 1.10 bits per heavy atom. The highest BCUT2D eigenvalue weighted by molar-refractivity contribution is 4.97. The molecule has 0 spiro atoms. The van der Waals surface area contributed by atoms with Crippen molar-refractivity contribution in [3.63, 3.8) is 0 Å². The average molecular weight is 142 g/mol. The third kappa shape index (κ3) is 0.963. The van der Waals surface area contributed by atoms with Crippen molar-refractivity contribution in [3.8, 4) is 0 Å². The number of aliphatic hydroxyl groups is 1. The van der Waals surface area contributed by atoms with E-state index in [1.807, 2.05) is 0 Å². The van der Waals surface area contributed by atoms with Crippen molar-refractivity contribution < 1.29 is 14.6 Å². The lowest BCUT2D eigenvalue weighted by Crippen LogP contribution is -2.23. The van der Waals surface area contributed by atoms with E-state index in [9.17, 15) is 0 Å². The molecule has 2 rings (SSSR count). The molecule has 10 heavy (non-hydrogen) atoms. The SMILES string of the molecule is OC1O[C@H]2CC=CC[C@H]2O1. The maximum absolute atomic E-state index is 8.89. The molecular weight excluding hydrogens is 132 g/mol. The normalized spacial score (nSPS) is 45.5. The van der Waals surface area contributed by atoms with E-state index in [-0.39, 0.29) is 12.2 Å². The Hall–Kier alpha value is -0.380. The number of hydrogen-bond acceptors (Lipinski definition) is 3. The fraction of sp³-hybridized carbons (Fsp3) is 0.714. The summed E-state index contributed by atoms with van der Waals surface area (Å²) in [6, 6.07) is 0. The van der Waals surface area contributed by atoms with E-state index in [1.165, 1.54) is 0 Å². The van der Waals surface area contributed by atoms with E-state index in [1.54, 1.807) is 0 Å². The first kappa shape index (κ1) is 6.34. The van der Waals surface area contributed by atoms with Gasteiger partial charge in [0.15, 0.2) is 0 Å². The van der Waals surface area contributed by atoms with E-state index in [0.29, 0.717) is 0 Å². The van der Waals surface area contributed by atoms with Gasteiger partial charge in [0.2, 0.25) is 0 Å². The summed E-state index contributed by atoms with van der Waals surface area (Å²) in [6.45, 7) is -0.991. The Morgan fingerprint density at radius 2 is 1.60 bits per heavy atom. The van der Waals surface area contributed by atoms with Gasteiger partial charge >= 0.3 is 0 Å². The maximum Gasteiger partial charge on any atom is 0.269 e. The van der Waals surface area contributed by atoms with Gasteiger partial charge in [-0.2, -0.15) is 0 Å². The molecule has 0 aromatic carbocycles. The van der Waals surface area contributed by atoms with Gasteiger partial charge in [-0.05, 0) is 12.8 Å². The largest absolute Gasteiger partial charge is 0.346 e. The van der Waals surface area contributed by atoms with Crippen molar-refractivity contribution in [2.45, 2.75) is 31.5 Å². The molecular formula is C7H10O3. The molecule has 2 aliphatic rings. The standard InChI is InChI=1S/C7H10O3/c8-7-9-5-3-1-2-4-6(5)10-7/h1-2,5-8H,3-4H2/t5-,6+,7?. The minimum atomic E-state index is -0.991. The van der Waals surface area contributed by atoms with Crippen LogP contribution in [0.1, 0.15) is 12.8 Å². The first-order valence-corrected chi connectivity index (χ1v) is 3.50. The highest BCUT2D eigenvalue weighted by Gasteiger charge is 2.34. The molecule has 1 aliphatic carbocycles. The number of aliphatic hydroxyl groups excluding tert-OH is 1. The summed E-state index contributed by atoms with van der Waals surface area (Å²) in [6.07, 6.45) is 6.01. The molecule has 1 saturated heterocycles. The zero-order valence-corrected chi connectivity index (χ0v) is 5.56. The fourth-order valence-corrected chi connectivity index (χ4v) is 1.38. The van der Waals surface area contributed by atoms with Gasteiger partial charge in [0.1, 0.15) is 0 Å². The van der Waals surface area contributed by atoms with E-state index >= 15 is 0 Å². The molecule has 0 aromatic rings. The lowest BCUT2D eigenvalue weighted by Gasteiger charge is -2.16. The first-order valence-electron chi connectivity index (χ1n) is 3.50. The molecule has 0 amide bonds. The van der Waals surface area contributed by atoms with Gasteiger partial charge in [0, 0.05) is 0 Å². The zero-order chi connectivity index (χ0) is 6.97. The van der Waals surface area contributed by atoms with Gasteiger partial charge in [0.25, 0.3) is 6.48 Å². The Balaban J connectivity index is 2.05. The van der Waals surface area contributed by atoms with E-state index < -0.39 is 6.48 Å². The second kappa shape index (κ2) is 2.34. The summed E-state index contributed by atoms with van der Waals surface area (Å²) < 4.78 is 10.1. The van der Waals surface area contributed by atoms with Crippen molar-refractivity contribution in [3.05, 3.63) is 12.2 Å². The lowest BCUT2D eigenvalue weighted by molar-refractivity contribution is -0.209. The van der Waals surface area contributed by atoms with Gasteiger partial charge in [-0.15, -0.1) is 0 Å². The number of fused-ring (bicyclic) bond motifs is 1. The number of rotatable bonds is 0. The molecule has 1 aliphatic heterocycles. The van der Waals surface area contributed by atoms with Gasteiger partial charge < -0.3 is 14.6 Å². The van der Waals surface area contributed by atoms with Crippen molar-refractivity contribution >= 4 is 0 Å². The Morgan fingerprint density at radius 3 is 2.10 bits per heavy atom. The minimum absolute atomic E-state index is 0.0833. The number of ether oxygens (including phenoxy) is 2. The van der Waals surface area contributed by atoms with Gasteiger partial charge in [-0.3, -0.25) is 0 Å². The third-order valence-corrected chi connectivity index (χ3v) is 1.90. The van der Waals surface area contributed by atoms with Crippen LogP contribution >= 0.6 is 0 Å². The number of hydrogen-bond donors (Lipinski definition) is 1. The summed E-state index contributed by atoms with van der Waals surface area (Å²) in [5.41, 5.74) is 0. The lowest BCUT2D eigenvalue weighted by atomic mass is 10.0. The minimum Gasteiger partial charge on any atom is -0.346 e. The van der Waals surface area contributed by atoms with Crippen LogP contribution in [0.2, 0.25) is 0 Å². The highest BCUT2D eigenvalue weighted by atomic mass is 16.8. The second-order valence-electron chi connectivity index (χ2n) is 2.60. The monoisotopic (exact) mass is 142 g/mol. The quantitative estimate of drug-likeness (QED) is 0.497. The van der Waals surface area contributed by atoms with Crippen LogP contribution in [0.15, 0.2) is 12.2 Å². The summed E-state index contributed by atoms with van der Waals surface area (Å²) in [5, 5.41) is 8.89. The zero-order valence-electron chi connectivity index (χ0n) is 5.56. The fourth-order valence-electron chi connectivity index (χ4n) is 1.38. The molecule has 3 heteroatoms. The van der Waals surface area contributed by atoms with E-state index in [2.05, 4.69) is 12.2 Å². The first-order chi connectivity index (χ1) is 4.86. The maximum atomic E-state index is 8.89. The van der Waals surface area contributed by atoms with E-state index in [4.69, 9.17) is 14.6 Å². The molecule has 1 fully saturated rings. The van der Waals surface area contributed by atoms with E-state index in [0.717, 1.165) is 12.8 Å². The average Bonchev–Trinajstić information content (AvgIpc) is 2.27. The molecule has 0 bridgehead atoms. The molecule has 1 heterocycles. The topological polar surface area (TPSA) is 38.7 Å². The third-order valence-electron chi connectivity index (χ3n) is 1.90. The Labute approximate surface area is 59.2 Å². The molecule has 0 saturated carbocycles. The van der Waals surface area contributed by atoms with Crippen LogP contribution in [-0.2, 0) is 9.47 Å². The highest BCUT2D eigenvalue weighted by Crippen LogP contribution is 2.26. The predicted octanol–water partition coefficient (Wildman–Crippen LogP) is 0.396. The van der Waals surface area contributed by atoms with Gasteiger partial charge in [-0.1, -0.05) is 12.2 Å². The predicted molar refractivity (Wildman–Crippen MR) is 34.1 cm³/mol. The Kier molecular flexibility index (Phi) is 1.48. The van der Waals surface area contributed by atoms with Crippen molar-refractivity contribution in [1.29, 1.82) is 0 Å². The van der Waals surface area contributed by atoms with Crippen molar-refractivity contribution in [1.82, 2.24) is 0 Å². The molecule has 1 N–H and O–H groups in total. The van der Waals surface area contributed by atoms with Crippen LogP contribution in [0.4, 0.5) is 0 Å². The summed E-state index contributed by atoms with van der Waals surface area (Å²) in [7, 11) is 0. The van der Waals surface area contributed by atoms with Crippen molar-refractivity contribution in [2.24, 2.45) is 0 Å². The molecule has 1 unspecified atom stereocenters. The summed E-state index contributed by atoms with van der Waals surface area (Å²) in [4.78, 5) is 0. The smallest absolute Gasteiger partial charge is 0.269 e. The van der Waals surface area contributed by atoms with Gasteiger partial charge in [0.05, 0.1) is 12.2 Å². The second-order valence-corrected chi connectivity index (χ2v) is 2.60. The van der Waals surface area contributed by atoms with Crippen molar-refractivity contribution in [2.75, 3.05) is 0 Å². The van der Waals surface area contributed by atoms with Crippen LogP contribution < -0.4 is 0 Å². The van der Waals surface area contributed by atoms with Crippen LogP contribution in [-0.4, -0.2) is 23.8 Å². The van der Waals surface area contributed by atoms with Crippen LogP contribution in [0.3, 0.4) is 0 Å².